The van der Waals surface area contributed by atoms with Gasteiger partial charge in [0, 0.05) is 5.02 Å². The largest absolute Gasteiger partial charge is 0.333 e. The second-order valence-corrected chi connectivity index (χ2v) is 7.61. The Balaban J connectivity index is 1.70. The summed E-state index contributed by atoms with van der Waals surface area (Å²) in [4.78, 5) is 20.1. The molecule has 0 saturated carbocycles. The van der Waals surface area contributed by atoms with E-state index >= 15 is 0 Å². The number of rotatable bonds is 4. The number of H-pyrrole nitrogens is 1. The maximum absolute atomic E-state index is 12.4. The standard InChI is InChI=1S/C17H15Cl2N3OS/c1-9-3-5-14-15(7-9)22-17(21-14)24-10(2)16(23)20-13-6-4-11(18)8-12(13)19/h3-8,10H,1-2H3,(H,20,23)(H,21,22). The maximum Gasteiger partial charge on any atom is 0.237 e. The highest BCUT2D eigenvalue weighted by molar-refractivity contribution is 8.00. The van der Waals surface area contributed by atoms with Gasteiger partial charge in [0.15, 0.2) is 5.16 Å². The molecule has 0 aliphatic carbocycles. The van der Waals surface area contributed by atoms with E-state index in [1.165, 1.54) is 11.8 Å². The molecule has 4 nitrogen and oxygen atoms in total. The number of amides is 1. The molecule has 0 fully saturated rings. The molecule has 124 valence electrons. The molecule has 0 saturated heterocycles. The lowest BCUT2D eigenvalue weighted by molar-refractivity contribution is -0.115. The monoisotopic (exact) mass is 379 g/mol. The lowest BCUT2D eigenvalue weighted by Crippen LogP contribution is -2.22. The molecule has 24 heavy (non-hydrogen) atoms. The first-order chi connectivity index (χ1) is 11.4. The zero-order chi connectivity index (χ0) is 17.3. The number of anilines is 1. The Morgan fingerprint density at radius 1 is 1.25 bits per heavy atom. The SMILES string of the molecule is Cc1ccc2nc(SC(C)C(=O)Nc3ccc(Cl)cc3Cl)[nH]c2c1. The number of imidazole rings is 1. The average Bonchev–Trinajstić information content (AvgIpc) is 2.91. The lowest BCUT2D eigenvalue weighted by Gasteiger charge is -2.11. The van der Waals surface area contributed by atoms with E-state index in [2.05, 4.69) is 15.3 Å². The van der Waals surface area contributed by atoms with Gasteiger partial charge in [0.05, 0.1) is 27.0 Å². The molecule has 0 radical (unpaired) electrons. The van der Waals surface area contributed by atoms with Crippen molar-refractivity contribution in [3.8, 4) is 0 Å². The van der Waals surface area contributed by atoms with Gasteiger partial charge < -0.3 is 10.3 Å². The Bertz CT molecular complexity index is 910. The van der Waals surface area contributed by atoms with Gasteiger partial charge in [0.25, 0.3) is 0 Å². The zero-order valence-electron chi connectivity index (χ0n) is 13.1. The fourth-order valence-corrected chi connectivity index (χ4v) is 3.48. The number of carbonyl (C=O) groups is 1. The minimum absolute atomic E-state index is 0.152. The molecular formula is C17H15Cl2N3OS. The molecule has 0 aliphatic heterocycles. The molecule has 0 aliphatic rings. The van der Waals surface area contributed by atoms with Gasteiger partial charge in [0.2, 0.25) is 5.91 Å². The highest BCUT2D eigenvalue weighted by Gasteiger charge is 2.18. The number of benzene rings is 2. The number of thioether (sulfide) groups is 1. The molecule has 2 aromatic carbocycles. The quantitative estimate of drug-likeness (QED) is 0.604. The Morgan fingerprint density at radius 2 is 2.04 bits per heavy atom. The molecule has 1 heterocycles. The molecule has 2 N–H and O–H groups in total. The predicted octanol–water partition coefficient (Wildman–Crippen LogP) is 5.30. The third-order valence-electron chi connectivity index (χ3n) is 3.46. The van der Waals surface area contributed by atoms with Crippen LogP contribution < -0.4 is 5.32 Å². The summed E-state index contributed by atoms with van der Waals surface area (Å²) in [6, 6.07) is 11.0. The topological polar surface area (TPSA) is 57.8 Å². The van der Waals surface area contributed by atoms with Gasteiger partial charge in [-0.3, -0.25) is 4.79 Å². The zero-order valence-corrected chi connectivity index (χ0v) is 15.4. The van der Waals surface area contributed by atoms with Crippen molar-refractivity contribution >= 4 is 57.6 Å². The fraction of sp³-hybridized carbons (Fsp3) is 0.176. The summed E-state index contributed by atoms with van der Waals surface area (Å²) in [5, 5.41) is 4.12. The average molecular weight is 380 g/mol. The van der Waals surface area contributed by atoms with E-state index in [1.807, 2.05) is 32.0 Å². The third-order valence-corrected chi connectivity index (χ3v) is 4.99. The van der Waals surface area contributed by atoms with Crippen molar-refractivity contribution in [3.05, 3.63) is 52.0 Å². The van der Waals surface area contributed by atoms with E-state index in [0.717, 1.165) is 16.6 Å². The van der Waals surface area contributed by atoms with Gasteiger partial charge in [-0.1, -0.05) is 41.0 Å². The Morgan fingerprint density at radius 3 is 2.79 bits per heavy atom. The van der Waals surface area contributed by atoms with Crippen molar-refractivity contribution in [1.29, 1.82) is 0 Å². The van der Waals surface area contributed by atoms with Crippen LogP contribution in [-0.2, 0) is 4.79 Å². The first kappa shape index (κ1) is 17.1. The number of hydrogen-bond donors (Lipinski definition) is 2. The number of carbonyl (C=O) groups excluding carboxylic acids is 1. The number of aromatic nitrogens is 2. The molecule has 1 atom stereocenters. The summed E-state index contributed by atoms with van der Waals surface area (Å²) >= 11 is 13.3. The number of aryl methyl sites for hydroxylation is 1. The summed E-state index contributed by atoms with van der Waals surface area (Å²) in [6.07, 6.45) is 0. The molecule has 3 aromatic rings. The van der Waals surface area contributed by atoms with Crippen molar-refractivity contribution in [2.75, 3.05) is 5.32 Å². The first-order valence-electron chi connectivity index (χ1n) is 7.31. The minimum Gasteiger partial charge on any atom is -0.333 e. The van der Waals surface area contributed by atoms with Crippen LogP contribution in [-0.4, -0.2) is 21.1 Å². The van der Waals surface area contributed by atoms with E-state index in [9.17, 15) is 4.79 Å². The molecule has 7 heteroatoms. The van der Waals surface area contributed by atoms with E-state index in [1.54, 1.807) is 18.2 Å². The van der Waals surface area contributed by atoms with Gasteiger partial charge in [-0.25, -0.2) is 4.98 Å². The van der Waals surface area contributed by atoms with E-state index < -0.39 is 0 Å². The Hall–Kier alpha value is -1.69. The Labute approximate surface area is 153 Å². The molecule has 1 amide bonds. The number of hydrogen-bond acceptors (Lipinski definition) is 3. The number of aromatic amines is 1. The number of nitrogens with one attached hydrogen (secondary N) is 2. The summed E-state index contributed by atoms with van der Waals surface area (Å²) in [6.45, 7) is 3.85. The minimum atomic E-state index is -0.335. The number of nitrogens with zero attached hydrogens (tertiary/aromatic N) is 1. The first-order valence-corrected chi connectivity index (χ1v) is 8.95. The van der Waals surface area contributed by atoms with Gasteiger partial charge in [0.1, 0.15) is 0 Å². The van der Waals surface area contributed by atoms with Crippen LogP contribution in [0.15, 0.2) is 41.6 Å². The van der Waals surface area contributed by atoms with Crippen LogP contribution in [0.4, 0.5) is 5.69 Å². The third kappa shape index (κ3) is 3.86. The van der Waals surface area contributed by atoms with E-state index in [4.69, 9.17) is 23.2 Å². The van der Waals surface area contributed by atoms with E-state index in [0.29, 0.717) is 20.9 Å². The summed E-state index contributed by atoms with van der Waals surface area (Å²) in [7, 11) is 0. The second kappa shape index (κ2) is 7.05. The summed E-state index contributed by atoms with van der Waals surface area (Å²) in [5.74, 6) is -0.152. The van der Waals surface area contributed by atoms with Gasteiger partial charge >= 0.3 is 0 Å². The van der Waals surface area contributed by atoms with Crippen LogP contribution in [0.3, 0.4) is 0 Å². The highest BCUT2D eigenvalue weighted by Crippen LogP contribution is 2.28. The van der Waals surface area contributed by atoms with Crippen LogP contribution >= 0.6 is 35.0 Å². The van der Waals surface area contributed by atoms with Crippen LogP contribution in [0, 0.1) is 6.92 Å². The van der Waals surface area contributed by atoms with Crippen LogP contribution in [0.5, 0.6) is 0 Å². The Kier molecular flexibility index (Phi) is 5.04. The van der Waals surface area contributed by atoms with Crippen molar-refractivity contribution in [3.63, 3.8) is 0 Å². The van der Waals surface area contributed by atoms with Gasteiger partial charge in [-0.05, 0) is 49.7 Å². The van der Waals surface area contributed by atoms with Crippen LogP contribution in [0.2, 0.25) is 10.0 Å². The molecule has 0 bridgehead atoms. The fourth-order valence-electron chi connectivity index (χ4n) is 2.20. The predicted molar refractivity (Wildman–Crippen MR) is 101 cm³/mol. The maximum atomic E-state index is 12.4. The molecular weight excluding hydrogens is 365 g/mol. The lowest BCUT2D eigenvalue weighted by atomic mass is 10.2. The van der Waals surface area contributed by atoms with Gasteiger partial charge in [-0.15, -0.1) is 0 Å². The summed E-state index contributed by atoms with van der Waals surface area (Å²) in [5.41, 5.74) is 3.55. The van der Waals surface area contributed by atoms with Crippen molar-refractivity contribution in [2.45, 2.75) is 24.3 Å². The summed E-state index contributed by atoms with van der Waals surface area (Å²) < 4.78 is 0. The number of fused-ring (bicyclic) bond motifs is 1. The van der Waals surface area contributed by atoms with Crippen molar-refractivity contribution in [2.24, 2.45) is 0 Å². The van der Waals surface area contributed by atoms with E-state index in [-0.39, 0.29) is 11.2 Å². The van der Waals surface area contributed by atoms with Crippen molar-refractivity contribution in [1.82, 2.24) is 9.97 Å². The van der Waals surface area contributed by atoms with Crippen LogP contribution in [0.25, 0.3) is 11.0 Å². The van der Waals surface area contributed by atoms with Crippen molar-refractivity contribution < 1.29 is 4.79 Å². The molecule has 0 spiro atoms. The second-order valence-electron chi connectivity index (χ2n) is 5.44. The molecule has 1 aromatic heterocycles. The van der Waals surface area contributed by atoms with Crippen LogP contribution in [0.1, 0.15) is 12.5 Å². The smallest absolute Gasteiger partial charge is 0.237 e. The van der Waals surface area contributed by atoms with Gasteiger partial charge in [-0.2, -0.15) is 0 Å². The highest BCUT2D eigenvalue weighted by atomic mass is 35.5. The molecule has 3 rings (SSSR count). The normalized spacial score (nSPS) is 12.3. The molecule has 1 unspecified atom stereocenters. The number of halogens is 2.